The SMILES string of the molecule is CC(C)OCCCN1CCCC(CCO)C1. The zero-order chi connectivity index (χ0) is 11.8. The molecular formula is C13H27NO2. The van der Waals surface area contributed by atoms with Crippen molar-refractivity contribution in [1.82, 2.24) is 4.90 Å². The fourth-order valence-electron chi connectivity index (χ4n) is 2.38. The van der Waals surface area contributed by atoms with Gasteiger partial charge in [-0.2, -0.15) is 0 Å². The maximum atomic E-state index is 8.94. The molecule has 96 valence electrons. The third kappa shape index (κ3) is 5.83. The average molecular weight is 229 g/mol. The second-order valence-corrected chi connectivity index (χ2v) is 5.09. The number of piperidine rings is 1. The second kappa shape index (κ2) is 8.04. The Morgan fingerprint density at radius 2 is 2.25 bits per heavy atom. The maximum absolute atomic E-state index is 8.94. The van der Waals surface area contributed by atoms with E-state index in [1.807, 2.05) is 0 Å². The van der Waals surface area contributed by atoms with Crippen molar-refractivity contribution in [2.45, 2.75) is 45.6 Å². The third-order valence-corrected chi connectivity index (χ3v) is 3.21. The zero-order valence-corrected chi connectivity index (χ0v) is 10.8. The summed E-state index contributed by atoms with van der Waals surface area (Å²) in [6.45, 7) is 8.92. The van der Waals surface area contributed by atoms with Crippen LogP contribution in [0.1, 0.15) is 39.5 Å². The molecule has 1 fully saturated rings. The van der Waals surface area contributed by atoms with Crippen LogP contribution in [0.25, 0.3) is 0 Å². The van der Waals surface area contributed by atoms with Crippen LogP contribution in [0.4, 0.5) is 0 Å². The van der Waals surface area contributed by atoms with Gasteiger partial charge in [0.15, 0.2) is 0 Å². The molecule has 1 atom stereocenters. The van der Waals surface area contributed by atoms with Crippen molar-refractivity contribution in [2.24, 2.45) is 5.92 Å². The summed E-state index contributed by atoms with van der Waals surface area (Å²) in [7, 11) is 0. The van der Waals surface area contributed by atoms with Gasteiger partial charge in [0.25, 0.3) is 0 Å². The van der Waals surface area contributed by atoms with E-state index < -0.39 is 0 Å². The van der Waals surface area contributed by atoms with E-state index >= 15 is 0 Å². The molecule has 1 heterocycles. The summed E-state index contributed by atoms with van der Waals surface area (Å²) in [5.41, 5.74) is 0. The fourth-order valence-corrected chi connectivity index (χ4v) is 2.38. The van der Waals surface area contributed by atoms with Crippen LogP contribution in [0.5, 0.6) is 0 Å². The smallest absolute Gasteiger partial charge is 0.0518 e. The lowest BCUT2D eigenvalue weighted by Gasteiger charge is -2.32. The summed E-state index contributed by atoms with van der Waals surface area (Å²) < 4.78 is 5.54. The van der Waals surface area contributed by atoms with Crippen molar-refractivity contribution in [2.75, 3.05) is 32.8 Å². The molecule has 0 aromatic carbocycles. The normalized spacial score (nSPS) is 22.9. The number of aliphatic hydroxyl groups is 1. The molecule has 0 amide bonds. The fraction of sp³-hybridized carbons (Fsp3) is 1.00. The molecule has 16 heavy (non-hydrogen) atoms. The van der Waals surface area contributed by atoms with Crippen molar-refractivity contribution >= 4 is 0 Å². The second-order valence-electron chi connectivity index (χ2n) is 5.09. The Morgan fingerprint density at radius 3 is 2.94 bits per heavy atom. The molecule has 0 saturated carbocycles. The first kappa shape index (κ1) is 13.9. The highest BCUT2D eigenvalue weighted by atomic mass is 16.5. The Morgan fingerprint density at radius 1 is 1.44 bits per heavy atom. The minimum Gasteiger partial charge on any atom is -0.396 e. The molecule has 0 aliphatic carbocycles. The van der Waals surface area contributed by atoms with Gasteiger partial charge in [0.05, 0.1) is 6.10 Å². The number of hydrogen-bond donors (Lipinski definition) is 1. The van der Waals surface area contributed by atoms with Gasteiger partial charge in [0.2, 0.25) is 0 Å². The molecule has 1 saturated heterocycles. The van der Waals surface area contributed by atoms with E-state index in [0.29, 0.717) is 18.6 Å². The van der Waals surface area contributed by atoms with Crippen LogP contribution < -0.4 is 0 Å². The van der Waals surface area contributed by atoms with Gasteiger partial charge >= 0.3 is 0 Å². The van der Waals surface area contributed by atoms with Gasteiger partial charge in [-0.1, -0.05) is 0 Å². The van der Waals surface area contributed by atoms with Gasteiger partial charge < -0.3 is 14.7 Å². The summed E-state index contributed by atoms with van der Waals surface area (Å²) in [6, 6.07) is 0. The molecule has 1 aliphatic rings. The molecule has 0 radical (unpaired) electrons. The van der Waals surface area contributed by atoms with Gasteiger partial charge in [-0.25, -0.2) is 0 Å². The number of likely N-dealkylation sites (tertiary alicyclic amines) is 1. The van der Waals surface area contributed by atoms with Crippen LogP contribution >= 0.6 is 0 Å². The zero-order valence-electron chi connectivity index (χ0n) is 10.8. The molecule has 1 rings (SSSR count). The molecule has 0 bridgehead atoms. The largest absolute Gasteiger partial charge is 0.396 e. The highest BCUT2D eigenvalue weighted by Crippen LogP contribution is 2.19. The number of aliphatic hydroxyl groups excluding tert-OH is 1. The summed E-state index contributed by atoms with van der Waals surface area (Å²) >= 11 is 0. The number of ether oxygens (including phenoxy) is 1. The number of hydrogen-bond acceptors (Lipinski definition) is 3. The quantitative estimate of drug-likeness (QED) is 0.677. The first-order valence-corrected chi connectivity index (χ1v) is 6.67. The summed E-state index contributed by atoms with van der Waals surface area (Å²) in [5, 5.41) is 8.94. The van der Waals surface area contributed by atoms with Crippen LogP contribution in [0, 0.1) is 5.92 Å². The average Bonchev–Trinajstić information content (AvgIpc) is 2.25. The van der Waals surface area contributed by atoms with Gasteiger partial charge in [0, 0.05) is 26.3 Å². The first-order valence-electron chi connectivity index (χ1n) is 6.67. The van der Waals surface area contributed by atoms with Crippen LogP contribution in [0.3, 0.4) is 0 Å². The molecule has 3 nitrogen and oxygen atoms in total. The van der Waals surface area contributed by atoms with Crippen LogP contribution in [-0.2, 0) is 4.74 Å². The summed E-state index contributed by atoms with van der Waals surface area (Å²) in [4.78, 5) is 2.52. The molecule has 1 aliphatic heterocycles. The highest BCUT2D eigenvalue weighted by Gasteiger charge is 2.18. The predicted octanol–water partition coefficient (Wildman–Crippen LogP) is 1.90. The van der Waals surface area contributed by atoms with Crippen molar-refractivity contribution < 1.29 is 9.84 Å². The highest BCUT2D eigenvalue weighted by molar-refractivity contribution is 4.72. The Bertz CT molecular complexity index is 171. The Balaban J connectivity index is 2.07. The minimum absolute atomic E-state index is 0.342. The molecule has 1 N–H and O–H groups in total. The van der Waals surface area contributed by atoms with Gasteiger partial charge in [-0.15, -0.1) is 0 Å². The molecule has 0 spiro atoms. The standard InChI is InChI=1S/C13H27NO2/c1-12(2)16-10-4-8-14-7-3-5-13(11-14)6-9-15/h12-13,15H,3-11H2,1-2H3. The molecule has 0 aromatic rings. The van der Waals surface area contributed by atoms with E-state index in [9.17, 15) is 0 Å². The van der Waals surface area contributed by atoms with Crippen molar-refractivity contribution in [3.8, 4) is 0 Å². The Hall–Kier alpha value is -0.120. The Kier molecular flexibility index (Phi) is 7.01. The van der Waals surface area contributed by atoms with E-state index in [1.165, 1.54) is 25.9 Å². The van der Waals surface area contributed by atoms with E-state index in [4.69, 9.17) is 9.84 Å². The Labute approximate surface area is 99.8 Å². The monoisotopic (exact) mass is 229 g/mol. The van der Waals surface area contributed by atoms with Crippen LogP contribution in [0.2, 0.25) is 0 Å². The van der Waals surface area contributed by atoms with Gasteiger partial charge in [0.1, 0.15) is 0 Å². The topological polar surface area (TPSA) is 32.7 Å². The van der Waals surface area contributed by atoms with E-state index in [-0.39, 0.29) is 0 Å². The lowest BCUT2D eigenvalue weighted by molar-refractivity contribution is 0.0649. The maximum Gasteiger partial charge on any atom is 0.0518 e. The molecule has 0 aromatic heterocycles. The van der Waals surface area contributed by atoms with Crippen molar-refractivity contribution in [3.05, 3.63) is 0 Å². The third-order valence-electron chi connectivity index (χ3n) is 3.21. The summed E-state index contributed by atoms with van der Waals surface area (Å²) in [6.07, 6.45) is 5.03. The van der Waals surface area contributed by atoms with E-state index in [2.05, 4.69) is 18.7 Å². The first-order chi connectivity index (χ1) is 7.72. The van der Waals surface area contributed by atoms with Gasteiger partial charge in [-0.05, 0) is 52.0 Å². The minimum atomic E-state index is 0.342. The molecule has 1 unspecified atom stereocenters. The lowest BCUT2D eigenvalue weighted by atomic mass is 9.95. The van der Waals surface area contributed by atoms with Crippen molar-refractivity contribution in [3.63, 3.8) is 0 Å². The lowest BCUT2D eigenvalue weighted by Crippen LogP contribution is -2.36. The van der Waals surface area contributed by atoms with Crippen LogP contribution in [0.15, 0.2) is 0 Å². The van der Waals surface area contributed by atoms with Crippen LogP contribution in [-0.4, -0.2) is 49.0 Å². The van der Waals surface area contributed by atoms with E-state index in [0.717, 1.165) is 26.0 Å². The molecule has 3 heteroatoms. The summed E-state index contributed by atoms with van der Waals surface area (Å²) in [5.74, 6) is 0.713. The van der Waals surface area contributed by atoms with Crippen molar-refractivity contribution in [1.29, 1.82) is 0 Å². The predicted molar refractivity (Wildman–Crippen MR) is 66.6 cm³/mol. The molecular weight excluding hydrogens is 202 g/mol. The number of rotatable bonds is 7. The van der Waals surface area contributed by atoms with E-state index in [1.54, 1.807) is 0 Å². The number of nitrogens with zero attached hydrogens (tertiary/aromatic N) is 1. The van der Waals surface area contributed by atoms with Gasteiger partial charge in [-0.3, -0.25) is 0 Å².